The second kappa shape index (κ2) is 7.08. The molecule has 0 fully saturated rings. The van der Waals surface area contributed by atoms with Crippen LogP contribution < -0.4 is 5.32 Å². The van der Waals surface area contributed by atoms with Crippen molar-refractivity contribution >= 4 is 28.5 Å². The highest BCUT2D eigenvalue weighted by Gasteiger charge is 2.18. The van der Waals surface area contributed by atoms with Crippen LogP contribution in [0.25, 0.3) is 0 Å². The van der Waals surface area contributed by atoms with Gasteiger partial charge in [0.15, 0.2) is 5.13 Å². The van der Waals surface area contributed by atoms with Gasteiger partial charge in [0.1, 0.15) is 0 Å². The molecule has 0 spiro atoms. The molecule has 0 saturated heterocycles. The first kappa shape index (κ1) is 15.4. The van der Waals surface area contributed by atoms with Crippen LogP contribution >= 0.6 is 11.3 Å². The molecule has 7 heteroatoms. The van der Waals surface area contributed by atoms with Gasteiger partial charge in [-0.2, -0.15) is 0 Å². The number of carboxylic acid groups (broad SMARTS) is 1. The summed E-state index contributed by atoms with van der Waals surface area (Å²) in [6.07, 6.45) is 2.20. The fraction of sp³-hybridized carbons (Fsp3) is 0.583. The molecule has 2 amide bonds. The minimum absolute atomic E-state index is 0.00912. The zero-order valence-electron chi connectivity index (χ0n) is 11.3. The maximum absolute atomic E-state index is 12.1. The molecule has 0 aliphatic rings. The highest BCUT2D eigenvalue weighted by atomic mass is 32.1. The van der Waals surface area contributed by atoms with Gasteiger partial charge >= 0.3 is 12.0 Å². The Morgan fingerprint density at radius 1 is 1.53 bits per heavy atom. The van der Waals surface area contributed by atoms with E-state index in [-0.39, 0.29) is 18.5 Å². The van der Waals surface area contributed by atoms with Crippen LogP contribution in [-0.2, 0) is 4.79 Å². The van der Waals surface area contributed by atoms with E-state index in [1.807, 2.05) is 20.8 Å². The zero-order valence-corrected chi connectivity index (χ0v) is 12.2. The van der Waals surface area contributed by atoms with Gasteiger partial charge in [0.25, 0.3) is 0 Å². The number of aliphatic carboxylic acids is 1. The van der Waals surface area contributed by atoms with Crippen LogP contribution in [0.3, 0.4) is 0 Å². The molecule has 19 heavy (non-hydrogen) atoms. The lowest BCUT2D eigenvalue weighted by Gasteiger charge is -2.26. The van der Waals surface area contributed by atoms with E-state index < -0.39 is 5.97 Å². The molecular weight excluding hydrogens is 266 g/mol. The molecule has 0 aliphatic heterocycles. The van der Waals surface area contributed by atoms with Gasteiger partial charge in [-0.25, -0.2) is 9.78 Å². The highest BCUT2D eigenvalue weighted by molar-refractivity contribution is 7.15. The molecular formula is C12H19N3O3S. The molecule has 0 aliphatic carbocycles. The fourth-order valence-electron chi connectivity index (χ4n) is 1.57. The van der Waals surface area contributed by atoms with Gasteiger partial charge in [-0.1, -0.05) is 0 Å². The van der Waals surface area contributed by atoms with E-state index in [1.54, 1.807) is 11.1 Å². The topological polar surface area (TPSA) is 82.5 Å². The Bertz CT molecular complexity index is 445. The zero-order chi connectivity index (χ0) is 14.4. The fourth-order valence-corrected chi connectivity index (χ4v) is 2.22. The van der Waals surface area contributed by atoms with Crippen LogP contribution in [0.5, 0.6) is 0 Å². The van der Waals surface area contributed by atoms with Crippen molar-refractivity contribution in [3.05, 3.63) is 11.1 Å². The van der Waals surface area contributed by atoms with E-state index in [9.17, 15) is 9.59 Å². The summed E-state index contributed by atoms with van der Waals surface area (Å²) >= 11 is 1.41. The van der Waals surface area contributed by atoms with Crippen LogP contribution in [0.1, 0.15) is 31.6 Å². The van der Waals surface area contributed by atoms with Crippen LogP contribution in [0.15, 0.2) is 6.20 Å². The van der Waals surface area contributed by atoms with Gasteiger partial charge < -0.3 is 10.0 Å². The average molecular weight is 285 g/mol. The molecule has 1 rings (SSSR count). The standard InChI is InChI=1S/C12H19N3O3S/c1-8(2)15(6-4-5-10(16)17)12(18)14-11-13-7-9(3)19-11/h7-8H,4-6H2,1-3H3,(H,16,17)(H,13,14,18). The molecule has 1 aromatic heterocycles. The van der Waals surface area contributed by atoms with Gasteiger partial charge in [0, 0.05) is 30.1 Å². The summed E-state index contributed by atoms with van der Waals surface area (Å²) in [5.41, 5.74) is 0. The smallest absolute Gasteiger partial charge is 0.323 e. The third kappa shape index (κ3) is 5.25. The predicted octanol–water partition coefficient (Wildman–Crippen LogP) is 2.56. The number of aryl methyl sites for hydroxylation is 1. The van der Waals surface area contributed by atoms with Crippen molar-refractivity contribution in [2.24, 2.45) is 0 Å². The van der Waals surface area contributed by atoms with Gasteiger partial charge in [-0.05, 0) is 27.2 Å². The van der Waals surface area contributed by atoms with E-state index in [0.717, 1.165) is 4.88 Å². The number of carbonyl (C=O) groups excluding carboxylic acids is 1. The average Bonchev–Trinajstić information content (AvgIpc) is 2.69. The minimum Gasteiger partial charge on any atom is -0.481 e. The third-order valence-electron chi connectivity index (χ3n) is 2.51. The van der Waals surface area contributed by atoms with Gasteiger partial charge in [-0.15, -0.1) is 11.3 Å². The van der Waals surface area contributed by atoms with E-state index in [4.69, 9.17) is 5.11 Å². The van der Waals surface area contributed by atoms with Crippen molar-refractivity contribution in [3.8, 4) is 0 Å². The number of carboxylic acids is 1. The molecule has 1 heterocycles. The molecule has 1 aromatic rings. The largest absolute Gasteiger partial charge is 0.481 e. The summed E-state index contributed by atoms with van der Waals surface area (Å²) in [6, 6.07) is -0.232. The quantitative estimate of drug-likeness (QED) is 0.841. The van der Waals surface area contributed by atoms with Crippen molar-refractivity contribution in [1.82, 2.24) is 9.88 Å². The Hall–Kier alpha value is -1.63. The molecule has 0 saturated carbocycles. The van der Waals surface area contributed by atoms with Crippen molar-refractivity contribution < 1.29 is 14.7 Å². The number of aromatic nitrogens is 1. The maximum atomic E-state index is 12.1. The molecule has 0 atom stereocenters. The lowest BCUT2D eigenvalue weighted by Crippen LogP contribution is -2.40. The maximum Gasteiger partial charge on any atom is 0.323 e. The SMILES string of the molecule is Cc1cnc(NC(=O)N(CCCC(=O)O)C(C)C)s1. The Morgan fingerprint density at radius 3 is 2.68 bits per heavy atom. The molecule has 0 radical (unpaired) electrons. The number of thiazole rings is 1. The summed E-state index contributed by atoms with van der Waals surface area (Å²) in [7, 11) is 0. The molecule has 0 unspecified atom stereocenters. The monoisotopic (exact) mass is 285 g/mol. The summed E-state index contributed by atoms with van der Waals surface area (Å²) in [6.45, 7) is 6.13. The molecule has 0 aromatic carbocycles. The van der Waals surface area contributed by atoms with Gasteiger partial charge in [0.2, 0.25) is 0 Å². The molecule has 6 nitrogen and oxygen atoms in total. The van der Waals surface area contributed by atoms with Crippen molar-refractivity contribution in [3.63, 3.8) is 0 Å². The lowest BCUT2D eigenvalue weighted by atomic mass is 10.2. The van der Waals surface area contributed by atoms with Crippen LogP contribution in [0.2, 0.25) is 0 Å². The number of hydrogen-bond acceptors (Lipinski definition) is 4. The normalized spacial score (nSPS) is 10.5. The second-order valence-corrected chi connectivity index (χ2v) is 5.73. The van der Waals surface area contributed by atoms with E-state index in [2.05, 4.69) is 10.3 Å². The Balaban J connectivity index is 2.55. The number of nitrogens with zero attached hydrogens (tertiary/aromatic N) is 2. The summed E-state index contributed by atoms with van der Waals surface area (Å²) < 4.78 is 0. The van der Waals surface area contributed by atoms with Gasteiger partial charge in [0.05, 0.1) is 0 Å². The van der Waals surface area contributed by atoms with Crippen LogP contribution in [0, 0.1) is 6.92 Å². The van der Waals surface area contributed by atoms with Crippen molar-refractivity contribution in [1.29, 1.82) is 0 Å². The molecule has 0 bridgehead atoms. The number of anilines is 1. The second-order valence-electron chi connectivity index (χ2n) is 4.49. The minimum atomic E-state index is -0.848. The first-order valence-corrected chi connectivity index (χ1v) is 6.93. The summed E-state index contributed by atoms with van der Waals surface area (Å²) in [5.74, 6) is -0.848. The first-order valence-electron chi connectivity index (χ1n) is 6.12. The molecule has 2 N–H and O–H groups in total. The predicted molar refractivity (Wildman–Crippen MR) is 74.6 cm³/mol. The van der Waals surface area contributed by atoms with E-state index in [0.29, 0.717) is 18.1 Å². The lowest BCUT2D eigenvalue weighted by molar-refractivity contribution is -0.137. The number of urea groups is 1. The van der Waals surface area contributed by atoms with Crippen LogP contribution in [-0.4, -0.2) is 39.6 Å². The van der Waals surface area contributed by atoms with Crippen molar-refractivity contribution in [2.75, 3.05) is 11.9 Å². The summed E-state index contributed by atoms with van der Waals surface area (Å²) in [4.78, 5) is 29.3. The van der Waals surface area contributed by atoms with Gasteiger partial charge in [-0.3, -0.25) is 10.1 Å². The number of amides is 2. The van der Waals surface area contributed by atoms with Crippen molar-refractivity contribution in [2.45, 2.75) is 39.7 Å². The number of carbonyl (C=O) groups is 2. The highest BCUT2D eigenvalue weighted by Crippen LogP contribution is 2.17. The Kier molecular flexibility index (Phi) is 5.75. The number of nitrogens with one attached hydrogen (secondary N) is 1. The first-order chi connectivity index (χ1) is 8.90. The summed E-state index contributed by atoms with van der Waals surface area (Å²) in [5, 5.41) is 11.9. The Morgan fingerprint density at radius 2 is 2.21 bits per heavy atom. The number of rotatable bonds is 6. The number of hydrogen-bond donors (Lipinski definition) is 2. The van der Waals surface area contributed by atoms with Crippen LogP contribution in [0.4, 0.5) is 9.93 Å². The Labute approximate surface area is 116 Å². The van der Waals surface area contributed by atoms with E-state index >= 15 is 0 Å². The molecule has 106 valence electrons. The third-order valence-corrected chi connectivity index (χ3v) is 3.34. The van der Waals surface area contributed by atoms with E-state index in [1.165, 1.54) is 11.3 Å².